The molecule has 1 aliphatic rings. The number of hydrogen-bond donors (Lipinski definition) is 1. The average Bonchev–Trinajstić information content (AvgIpc) is 2.99. The summed E-state index contributed by atoms with van der Waals surface area (Å²) in [5.74, 6) is -0.0222. The summed E-state index contributed by atoms with van der Waals surface area (Å²) in [4.78, 5) is 27.3. The Morgan fingerprint density at radius 3 is 2.56 bits per heavy atom. The molecular formula is C22H31FN6O3. The zero-order valence-corrected chi connectivity index (χ0v) is 19.0. The van der Waals surface area contributed by atoms with Crippen molar-refractivity contribution in [3.05, 3.63) is 41.5 Å². The number of hydrogen-bond acceptors (Lipinski definition) is 6. The molecule has 2 aromatic rings. The van der Waals surface area contributed by atoms with Crippen LogP contribution in [0.2, 0.25) is 0 Å². The number of aromatic nitrogens is 4. The first kappa shape index (κ1) is 23.6. The lowest BCUT2D eigenvalue weighted by molar-refractivity contribution is -0.125. The Hall–Kier alpha value is -3.04. The molecule has 1 saturated heterocycles. The van der Waals surface area contributed by atoms with Crippen molar-refractivity contribution in [3.8, 4) is 0 Å². The number of nitrogens with zero attached hydrogens (tertiary/aromatic N) is 5. The maximum absolute atomic E-state index is 13.3. The number of aryl methyl sites for hydroxylation is 1. The molecule has 1 N–H and O–H groups in total. The summed E-state index contributed by atoms with van der Waals surface area (Å²) in [6.45, 7) is 8.35. The van der Waals surface area contributed by atoms with Crippen LogP contribution in [-0.2, 0) is 16.0 Å². The molecule has 1 fully saturated rings. The molecule has 1 aromatic heterocycles. The summed E-state index contributed by atoms with van der Waals surface area (Å²) in [5, 5.41) is 14.7. The lowest BCUT2D eigenvalue weighted by Gasteiger charge is -2.26. The van der Waals surface area contributed by atoms with E-state index in [2.05, 4.69) is 20.8 Å². The van der Waals surface area contributed by atoms with Crippen LogP contribution in [-0.4, -0.2) is 61.8 Å². The van der Waals surface area contributed by atoms with Crippen LogP contribution < -0.4 is 5.32 Å². The second-order valence-corrected chi connectivity index (χ2v) is 9.12. The summed E-state index contributed by atoms with van der Waals surface area (Å²) in [6.07, 6.45) is 2.14. The first-order valence-electron chi connectivity index (χ1n) is 10.9. The van der Waals surface area contributed by atoms with Crippen LogP contribution in [0.1, 0.15) is 57.5 Å². The number of ether oxygens (including phenoxy) is 1. The van der Waals surface area contributed by atoms with Crippen LogP contribution in [0, 0.1) is 12.7 Å². The largest absolute Gasteiger partial charge is 0.444 e. The number of nitrogens with one attached hydrogen (secondary N) is 1. The smallest absolute Gasteiger partial charge is 0.410 e. The fraction of sp³-hybridized carbons (Fsp3) is 0.591. The Morgan fingerprint density at radius 1 is 1.22 bits per heavy atom. The van der Waals surface area contributed by atoms with Gasteiger partial charge in [0, 0.05) is 25.6 Å². The zero-order valence-electron chi connectivity index (χ0n) is 19.0. The van der Waals surface area contributed by atoms with Crippen LogP contribution in [0.3, 0.4) is 0 Å². The lowest BCUT2D eigenvalue weighted by Crippen LogP contribution is -2.42. The first-order valence-corrected chi connectivity index (χ1v) is 10.9. The molecule has 2 atom stereocenters. The van der Waals surface area contributed by atoms with Gasteiger partial charge in [0.15, 0.2) is 0 Å². The number of benzene rings is 1. The summed E-state index contributed by atoms with van der Waals surface area (Å²) in [5.41, 5.74) is 0.257. The molecule has 3 rings (SSSR count). The van der Waals surface area contributed by atoms with E-state index in [4.69, 9.17) is 4.74 Å². The summed E-state index contributed by atoms with van der Waals surface area (Å²) >= 11 is 0. The van der Waals surface area contributed by atoms with E-state index in [-0.39, 0.29) is 23.9 Å². The van der Waals surface area contributed by atoms with Crippen molar-refractivity contribution in [3.63, 3.8) is 0 Å². The third-order valence-electron chi connectivity index (χ3n) is 5.32. The molecule has 1 aromatic carbocycles. The molecule has 0 spiro atoms. The van der Waals surface area contributed by atoms with Crippen LogP contribution in [0.15, 0.2) is 24.3 Å². The highest BCUT2D eigenvalue weighted by atomic mass is 19.1. The number of halogens is 1. The van der Waals surface area contributed by atoms with Gasteiger partial charge in [0.1, 0.15) is 23.3 Å². The standard InChI is InChI=1S/C22H31FN6O3/c1-15-25-26-27-29(15)19(14-16-7-9-17(23)10-8-16)20(30)24-18-6-5-12-28(13-11-18)21(31)32-22(2,3)4/h7-10,18-19H,5-6,11-14H2,1-4H3,(H,24,30). The highest BCUT2D eigenvalue weighted by Crippen LogP contribution is 2.19. The van der Waals surface area contributed by atoms with E-state index in [1.165, 1.54) is 16.8 Å². The van der Waals surface area contributed by atoms with Gasteiger partial charge in [0.2, 0.25) is 5.91 Å². The number of rotatable bonds is 5. The molecule has 2 unspecified atom stereocenters. The van der Waals surface area contributed by atoms with Gasteiger partial charge in [-0.2, -0.15) is 0 Å². The summed E-state index contributed by atoms with van der Waals surface area (Å²) < 4.78 is 20.3. The van der Waals surface area contributed by atoms with E-state index in [0.29, 0.717) is 31.8 Å². The monoisotopic (exact) mass is 446 g/mol. The number of amides is 2. The van der Waals surface area contributed by atoms with Gasteiger partial charge in [-0.05, 0) is 75.1 Å². The Labute approximate surface area is 187 Å². The summed E-state index contributed by atoms with van der Waals surface area (Å²) in [6, 6.07) is 5.29. The van der Waals surface area contributed by atoms with Gasteiger partial charge in [-0.1, -0.05) is 12.1 Å². The third-order valence-corrected chi connectivity index (χ3v) is 5.32. The molecule has 0 saturated carbocycles. The predicted octanol–water partition coefficient (Wildman–Crippen LogP) is 2.81. The maximum Gasteiger partial charge on any atom is 0.410 e. The van der Waals surface area contributed by atoms with E-state index in [1.807, 2.05) is 20.8 Å². The molecule has 1 aliphatic heterocycles. The van der Waals surface area contributed by atoms with E-state index in [9.17, 15) is 14.0 Å². The Morgan fingerprint density at radius 2 is 1.94 bits per heavy atom. The summed E-state index contributed by atoms with van der Waals surface area (Å²) in [7, 11) is 0. The molecule has 10 heteroatoms. The van der Waals surface area contributed by atoms with Gasteiger partial charge < -0.3 is 15.0 Å². The molecule has 2 amide bonds. The van der Waals surface area contributed by atoms with Gasteiger partial charge in [-0.25, -0.2) is 13.9 Å². The van der Waals surface area contributed by atoms with Crippen molar-refractivity contribution in [1.29, 1.82) is 0 Å². The van der Waals surface area contributed by atoms with E-state index >= 15 is 0 Å². The Bertz CT molecular complexity index is 924. The van der Waals surface area contributed by atoms with Crippen molar-refractivity contribution < 1.29 is 18.7 Å². The second-order valence-electron chi connectivity index (χ2n) is 9.12. The second kappa shape index (κ2) is 10.1. The van der Waals surface area contributed by atoms with Gasteiger partial charge >= 0.3 is 6.09 Å². The van der Waals surface area contributed by atoms with Crippen LogP contribution in [0.25, 0.3) is 0 Å². The van der Waals surface area contributed by atoms with Crippen LogP contribution in [0.4, 0.5) is 9.18 Å². The first-order chi connectivity index (χ1) is 15.1. The topological polar surface area (TPSA) is 102 Å². The highest BCUT2D eigenvalue weighted by Gasteiger charge is 2.29. The fourth-order valence-corrected chi connectivity index (χ4v) is 3.71. The van der Waals surface area contributed by atoms with Gasteiger partial charge in [-0.3, -0.25) is 4.79 Å². The van der Waals surface area contributed by atoms with Gasteiger partial charge in [0.25, 0.3) is 0 Å². The van der Waals surface area contributed by atoms with Crippen molar-refractivity contribution >= 4 is 12.0 Å². The number of likely N-dealkylation sites (tertiary alicyclic amines) is 1. The zero-order chi connectivity index (χ0) is 23.3. The minimum Gasteiger partial charge on any atom is -0.444 e. The normalized spacial score (nSPS) is 18.0. The molecule has 9 nitrogen and oxygen atoms in total. The van der Waals surface area contributed by atoms with Crippen LogP contribution in [0.5, 0.6) is 0 Å². The number of carbonyl (C=O) groups excluding carboxylic acids is 2. The Balaban J connectivity index is 1.66. The van der Waals surface area contributed by atoms with E-state index in [1.54, 1.807) is 24.0 Å². The molecule has 0 radical (unpaired) electrons. The average molecular weight is 447 g/mol. The third kappa shape index (κ3) is 6.48. The SMILES string of the molecule is Cc1nnnn1C(Cc1ccc(F)cc1)C(=O)NC1CCCN(C(=O)OC(C)(C)C)CC1. The molecule has 0 bridgehead atoms. The number of carbonyl (C=O) groups is 2. The van der Waals surface area contributed by atoms with E-state index < -0.39 is 11.6 Å². The minimum absolute atomic E-state index is 0.0811. The molecule has 0 aliphatic carbocycles. The predicted molar refractivity (Wildman–Crippen MR) is 115 cm³/mol. The molecule has 174 valence electrons. The number of tetrazole rings is 1. The van der Waals surface area contributed by atoms with Crippen molar-refractivity contribution in [2.75, 3.05) is 13.1 Å². The van der Waals surface area contributed by atoms with E-state index in [0.717, 1.165) is 18.4 Å². The van der Waals surface area contributed by atoms with Crippen LogP contribution >= 0.6 is 0 Å². The van der Waals surface area contributed by atoms with Crippen molar-refractivity contribution in [2.45, 2.75) is 71.1 Å². The van der Waals surface area contributed by atoms with Gasteiger partial charge in [-0.15, -0.1) is 5.10 Å². The van der Waals surface area contributed by atoms with Crippen molar-refractivity contribution in [2.24, 2.45) is 0 Å². The molecular weight excluding hydrogens is 415 g/mol. The van der Waals surface area contributed by atoms with Gasteiger partial charge in [0.05, 0.1) is 0 Å². The molecule has 32 heavy (non-hydrogen) atoms. The molecule has 2 heterocycles. The Kier molecular flexibility index (Phi) is 7.42. The quantitative estimate of drug-likeness (QED) is 0.758. The maximum atomic E-state index is 13.3. The lowest BCUT2D eigenvalue weighted by atomic mass is 10.0. The fourth-order valence-electron chi connectivity index (χ4n) is 3.71. The minimum atomic E-state index is -0.666. The van der Waals surface area contributed by atoms with Crippen molar-refractivity contribution in [1.82, 2.24) is 30.4 Å². The highest BCUT2D eigenvalue weighted by molar-refractivity contribution is 5.81.